The van der Waals surface area contributed by atoms with Crippen molar-refractivity contribution in [2.45, 2.75) is 25.4 Å². The van der Waals surface area contributed by atoms with Gasteiger partial charge in [0.15, 0.2) is 5.60 Å². The monoisotopic (exact) mass is 426 g/mol. The first-order valence-corrected chi connectivity index (χ1v) is 10.4. The number of hydrogen-bond acceptors (Lipinski definition) is 2. The molecule has 0 aliphatic carbocycles. The molecule has 0 saturated carbocycles. The van der Waals surface area contributed by atoms with Crippen molar-refractivity contribution < 1.29 is 9.53 Å². The van der Waals surface area contributed by atoms with Crippen molar-refractivity contribution in [3.05, 3.63) is 81.6 Å². The number of likely N-dealkylation sites (tertiary alicyclic amines) is 1. The number of fused-ring (bicyclic) bond motifs is 4. The highest BCUT2D eigenvalue weighted by Gasteiger charge is 2.44. The second-order valence-corrected chi connectivity index (χ2v) is 8.60. The molecule has 3 heterocycles. The fourth-order valence-electron chi connectivity index (χ4n) is 4.46. The molecule has 1 saturated heterocycles. The van der Waals surface area contributed by atoms with E-state index in [4.69, 9.17) is 27.9 Å². The van der Waals surface area contributed by atoms with Crippen molar-refractivity contribution in [3.63, 3.8) is 0 Å². The number of piperidine rings is 1. The lowest BCUT2D eigenvalue weighted by Crippen LogP contribution is -2.50. The maximum Gasteiger partial charge on any atom is 0.254 e. The largest absolute Gasteiger partial charge is 0.479 e. The van der Waals surface area contributed by atoms with Gasteiger partial charge in [0.1, 0.15) is 5.75 Å². The van der Waals surface area contributed by atoms with Crippen LogP contribution in [0.3, 0.4) is 0 Å². The Kier molecular flexibility index (Phi) is 4.37. The van der Waals surface area contributed by atoms with E-state index in [2.05, 4.69) is 16.8 Å². The number of carbonyl (C=O) groups is 1. The third-order valence-corrected chi connectivity index (χ3v) is 6.45. The number of aryl methyl sites for hydroxylation is 1. The van der Waals surface area contributed by atoms with Crippen LogP contribution in [-0.4, -0.2) is 28.5 Å². The number of aromatic nitrogens is 1. The summed E-state index contributed by atoms with van der Waals surface area (Å²) in [4.78, 5) is 15.0. The Morgan fingerprint density at radius 3 is 2.52 bits per heavy atom. The number of nitrogens with zero attached hydrogens (tertiary/aromatic N) is 2. The van der Waals surface area contributed by atoms with Gasteiger partial charge in [-0.2, -0.15) is 0 Å². The predicted molar refractivity (Wildman–Crippen MR) is 114 cm³/mol. The first kappa shape index (κ1) is 18.6. The highest BCUT2D eigenvalue weighted by Crippen LogP contribution is 2.45. The molecule has 148 valence electrons. The summed E-state index contributed by atoms with van der Waals surface area (Å²) < 4.78 is 8.72. The van der Waals surface area contributed by atoms with E-state index >= 15 is 0 Å². The molecular formula is C23H20Cl2N2O2. The molecule has 1 spiro atoms. The van der Waals surface area contributed by atoms with E-state index in [1.165, 1.54) is 0 Å². The van der Waals surface area contributed by atoms with Gasteiger partial charge in [-0.25, -0.2) is 0 Å². The highest BCUT2D eigenvalue weighted by molar-refractivity contribution is 6.31. The van der Waals surface area contributed by atoms with Crippen LogP contribution in [0.25, 0.3) is 5.69 Å². The average Bonchev–Trinajstić information content (AvgIpc) is 3.19. The fraction of sp³-hybridized carbons (Fsp3) is 0.261. The Labute approximate surface area is 179 Å². The lowest BCUT2D eigenvalue weighted by molar-refractivity contribution is -0.00931. The van der Waals surface area contributed by atoms with Gasteiger partial charge in [-0.15, -0.1) is 0 Å². The van der Waals surface area contributed by atoms with Crippen molar-refractivity contribution in [1.82, 2.24) is 9.47 Å². The molecule has 0 unspecified atom stereocenters. The molecule has 0 N–H and O–H groups in total. The predicted octanol–water partition coefficient (Wildman–Crippen LogP) is 5.62. The number of ether oxygens (including phenoxy) is 1. The Hall–Kier alpha value is -2.43. The third kappa shape index (κ3) is 3.02. The van der Waals surface area contributed by atoms with Gasteiger partial charge in [-0.05, 0) is 55.0 Å². The molecule has 2 aliphatic rings. The van der Waals surface area contributed by atoms with Gasteiger partial charge in [0.05, 0.1) is 11.4 Å². The van der Waals surface area contributed by atoms with Crippen LogP contribution in [0.4, 0.5) is 0 Å². The summed E-state index contributed by atoms with van der Waals surface area (Å²) in [6, 6.07) is 15.3. The zero-order valence-electron chi connectivity index (χ0n) is 16.0. The molecule has 1 aromatic heterocycles. The molecule has 2 aromatic carbocycles. The topological polar surface area (TPSA) is 34.5 Å². The van der Waals surface area contributed by atoms with Gasteiger partial charge in [0.25, 0.3) is 5.91 Å². The minimum Gasteiger partial charge on any atom is -0.479 e. The molecular weight excluding hydrogens is 407 g/mol. The van der Waals surface area contributed by atoms with Crippen LogP contribution < -0.4 is 4.74 Å². The van der Waals surface area contributed by atoms with E-state index < -0.39 is 5.60 Å². The van der Waals surface area contributed by atoms with Gasteiger partial charge < -0.3 is 14.2 Å². The molecule has 2 aliphatic heterocycles. The zero-order valence-corrected chi connectivity index (χ0v) is 17.5. The molecule has 1 fully saturated rings. The van der Waals surface area contributed by atoms with E-state index in [9.17, 15) is 4.79 Å². The number of rotatable bonds is 1. The second kappa shape index (κ2) is 6.82. The van der Waals surface area contributed by atoms with E-state index in [1.807, 2.05) is 48.2 Å². The lowest BCUT2D eigenvalue weighted by atomic mass is 9.86. The summed E-state index contributed by atoms with van der Waals surface area (Å²) in [6.07, 6.45) is 3.50. The van der Waals surface area contributed by atoms with Crippen LogP contribution >= 0.6 is 23.2 Å². The first-order valence-electron chi connectivity index (χ1n) is 9.69. The molecule has 4 nitrogen and oxygen atoms in total. The normalized spacial score (nSPS) is 16.9. The van der Waals surface area contributed by atoms with Crippen LogP contribution in [0.5, 0.6) is 5.75 Å². The van der Waals surface area contributed by atoms with E-state index in [0.717, 1.165) is 35.5 Å². The number of carbonyl (C=O) groups excluding carboxylic acids is 1. The van der Waals surface area contributed by atoms with Crippen molar-refractivity contribution >= 4 is 29.1 Å². The number of hydrogen-bond donors (Lipinski definition) is 0. The first-order chi connectivity index (χ1) is 14.0. The van der Waals surface area contributed by atoms with Gasteiger partial charge in [-0.1, -0.05) is 23.2 Å². The molecule has 0 radical (unpaired) electrons. The molecule has 1 amide bonds. The Morgan fingerprint density at radius 1 is 1.03 bits per heavy atom. The Morgan fingerprint density at radius 2 is 1.76 bits per heavy atom. The molecule has 0 atom stereocenters. The molecule has 29 heavy (non-hydrogen) atoms. The number of benzene rings is 2. The van der Waals surface area contributed by atoms with Crippen LogP contribution in [0.1, 0.15) is 34.5 Å². The fourth-order valence-corrected chi connectivity index (χ4v) is 4.85. The summed E-state index contributed by atoms with van der Waals surface area (Å²) in [7, 11) is 0. The van der Waals surface area contributed by atoms with Crippen molar-refractivity contribution in [3.8, 4) is 11.4 Å². The standard InChI is InChI=1S/C23H20Cl2N2O2/c1-15-13-16(24)4-6-18(15)22(28)26-11-8-23(9-12-26)21-3-2-10-27(21)19-7-5-17(25)14-20(19)29-23/h2-7,10,13-14H,8-9,11-12H2,1H3. The van der Waals surface area contributed by atoms with Crippen LogP contribution in [0, 0.1) is 6.92 Å². The van der Waals surface area contributed by atoms with E-state index in [0.29, 0.717) is 28.7 Å². The molecule has 3 aromatic rings. The van der Waals surface area contributed by atoms with Gasteiger partial charge in [-0.3, -0.25) is 4.79 Å². The number of amides is 1. The maximum atomic E-state index is 13.1. The van der Waals surface area contributed by atoms with E-state index in [-0.39, 0.29) is 5.91 Å². The minimum atomic E-state index is -0.451. The van der Waals surface area contributed by atoms with Crippen LogP contribution in [-0.2, 0) is 5.60 Å². The van der Waals surface area contributed by atoms with Crippen LogP contribution in [0.2, 0.25) is 10.0 Å². The summed E-state index contributed by atoms with van der Waals surface area (Å²) in [5.41, 5.74) is 3.27. The van der Waals surface area contributed by atoms with Crippen molar-refractivity contribution in [1.29, 1.82) is 0 Å². The zero-order chi connectivity index (χ0) is 20.2. The lowest BCUT2D eigenvalue weighted by Gasteiger charge is -2.45. The summed E-state index contributed by atoms with van der Waals surface area (Å²) in [5, 5.41) is 1.30. The summed E-state index contributed by atoms with van der Waals surface area (Å²) >= 11 is 12.3. The van der Waals surface area contributed by atoms with Gasteiger partial charge in [0.2, 0.25) is 0 Å². The molecule has 6 heteroatoms. The Balaban J connectivity index is 1.42. The highest BCUT2D eigenvalue weighted by atomic mass is 35.5. The second-order valence-electron chi connectivity index (χ2n) is 7.72. The SMILES string of the molecule is Cc1cc(Cl)ccc1C(=O)N1CCC2(CC1)Oc1cc(Cl)ccc1-n1cccc12. The Bertz CT molecular complexity index is 1110. The van der Waals surface area contributed by atoms with Gasteiger partial charge >= 0.3 is 0 Å². The minimum absolute atomic E-state index is 0.0450. The van der Waals surface area contributed by atoms with Crippen molar-refractivity contribution in [2.75, 3.05) is 13.1 Å². The third-order valence-electron chi connectivity index (χ3n) is 5.98. The quantitative estimate of drug-likeness (QED) is 0.506. The molecule has 0 bridgehead atoms. The van der Waals surface area contributed by atoms with E-state index in [1.54, 1.807) is 6.07 Å². The number of halogens is 2. The maximum absolute atomic E-state index is 13.1. The average molecular weight is 427 g/mol. The van der Waals surface area contributed by atoms with Crippen LogP contribution in [0.15, 0.2) is 54.7 Å². The van der Waals surface area contributed by atoms with Crippen molar-refractivity contribution in [2.24, 2.45) is 0 Å². The summed E-state index contributed by atoms with van der Waals surface area (Å²) in [5.74, 6) is 0.832. The summed E-state index contributed by atoms with van der Waals surface area (Å²) in [6.45, 7) is 3.17. The molecule has 5 rings (SSSR count). The smallest absolute Gasteiger partial charge is 0.254 e. The van der Waals surface area contributed by atoms with Gasteiger partial charge in [0, 0.05) is 53.8 Å².